The Kier molecular flexibility index (Phi) is 9.59. The smallest absolute Gasteiger partial charge is 0.264 e. The van der Waals surface area contributed by atoms with Gasteiger partial charge in [-0.25, -0.2) is 13.1 Å². The summed E-state index contributed by atoms with van der Waals surface area (Å²) in [4.78, 5) is 15.6. The molecule has 2 aromatic carbocycles. The number of hydrogen-bond donors (Lipinski definition) is 2. The molecule has 232 valence electrons. The largest absolute Gasteiger partial charge is 0.490 e. The molecule has 2 aliphatic carbocycles. The summed E-state index contributed by atoms with van der Waals surface area (Å²) in [5.74, 6) is 0.447. The van der Waals surface area contributed by atoms with E-state index in [1.54, 1.807) is 37.3 Å². The molecular weight excluding hydrogens is 584 g/mol. The van der Waals surface area contributed by atoms with Crippen LogP contribution in [0, 0.1) is 11.8 Å². The van der Waals surface area contributed by atoms with E-state index in [1.165, 1.54) is 11.1 Å². The summed E-state index contributed by atoms with van der Waals surface area (Å²) in [6.07, 6.45) is 8.98. The Morgan fingerprint density at radius 2 is 2.00 bits per heavy atom. The molecule has 43 heavy (non-hydrogen) atoms. The minimum absolute atomic E-state index is 0.173. The maximum Gasteiger partial charge on any atom is 0.264 e. The first-order valence-electron chi connectivity index (χ1n) is 15.4. The van der Waals surface area contributed by atoms with Crippen LogP contribution in [0.3, 0.4) is 0 Å². The second-order valence-electron chi connectivity index (χ2n) is 12.4. The number of amides is 1. The van der Waals surface area contributed by atoms with Crippen molar-refractivity contribution in [3.63, 3.8) is 0 Å². The lowest BCUT2D eigenvalue weighted by molar-refractivity contribution is 0.0178. The van der Waals surface area contributed by atoms with Crippen LogP contribution in [0.2, 0.25) is 5.02 Å². The molecule has 9 heteroatoms. The van der Waals surface area contributed by atoms with Gasteiger partial charge in [-0.2, -0.15) is 0 Å². The van der Waals surface area contributed by atoms with E-state index in [2.05, 4.69) is 34.9 Å². The molecule has 5 atom stereocenters. The fraction of sp³-hybridized carbons (Fsp3) is 0.500. The van der Waals surface area contributed by atoms with Crippen LogP contribution in [0.15, 0.2) is 61.7 Å². The number of sulfonamides is 1. The molecule has 2 N–H and O–H groups in total. The quantitative estimate of drug-likeness (QED) is 0.289. The zero-order chi connectivity index (χ0) is 30.8. The fourth-order valence-corrected chi connectivity index (χ4v) is 8.75. The van der Waals surface area contributed by atoms with Gasteiger partial charge < -0.3 is 14.7 Å². The number of benzene rings is 2. The average Bonchev–Trinajstić information content (AvgIpc) is 3.10. The number of halogens is 1. The minimum Gasteiger partial charge on any atom is -0.490 e. The normalized spacial score (nSPS) is 24.4. The number of ether oxygens (including phenoxy) is 1. The molecule has 1 amide bonds. The highest BCUT2D eigenvalue weighted by Gasteiger charge is 2.44. The van der Waals surface area contributed by atoms with Gasteiger partial charge in [0.05, 0.1) is 23.6 Å². The Labute approximate surface area is 261 Å². The van der Waals surface area contributed by atoms with Gasteiger partial charge >= 0.3 is 0 Å². The van der Waals surface area contributed by atoms with E-state index in [0.29, 0.717) is 38.3 Å². The van der Waals surface area contributed by atoms with Crippen molar-refractivity contribution < 1.29 is 23.1 Å². The van der Waals surface area contributed by atoms with Crippen LogP contribution in [0.4, 0.5) is 5.69 Å². The Bertz CT molecular complexity index is 1480. The van der Waals surface area contributed by atoms with Crippen molar-refractivity contribution in [1.29, 1.82) is 0 Å². The number of anilines is 1. The lowest BCUT2D eigenvalue weighted by Crippen LogP contribution is -2.49. The predicted molar refractivity (Wildman–Crippen MR) is 173 cm³/mol. The summed E-state index contributed by atoms with van der Waals surface area (Å²) in [5.41, 5.74) is 3.24. The first kappa shape index (κ1) is 31.6. The van der Waals surface area contributed by atoms with Crippen LogP contribution in [0.25, 0.3) is 0 Å². The molecule has 5 rings (SSSR count). The summed E-state index contributed by atoms with van der Waals surface area (Å²) < 4.78 is 34.8. The van der Waals surface area contributed by atoms with Gasteiger partial charge in [-0.05, 0) is 105 Å². The topological polar surface area (TPSA) is 95.9 Å². The molecule has 2 aromatic rings. The van der Waals surface area contributed by atoms with Crippen molar-refractivity contribution in [2.24, 2.45) is 11.8 Å². The molecule has 0 unspecified atom stereocenters. The van der Waals surface area contributed by atoms with Crippen LogP contribution >= 0.6 is 11.6 Å². The lowest BCUT2D eigenvalue weighted by atomic mass is 9.68. The molecular formula is C34H43ClN2O5S. The van der Waals surface area contributed by atoms with Crippen molar-refractivity contribution in [3.8, 4) is 5.75 Å². The summed E-state index contributed by atoms with van der Waals surface area (Å²) >= 11 is 6.39. The number of fused-ring (bicyclic) bond motifs is 3. The Morgan fingerprint density at radius 3 is 2.70 bits per heavy atom. The first-order chi connectivity index (χ1) is 20.6. The molecule has 1 spiro atoms. The maximum atomic E-state index is 13.3. The molecule has 0 aromatic heterocycles. The highest BCUT2D eigenvalue weighted by atomic mass is 35.5. The minimum atomic E-state index is -3.88. The number of aliphatic hydroxyl groups is 1. The standard InChI is InChI=1S/C34H43ClN2O5S/c1-4-8-27(6-3)43(40,41)36-33(39)24-12-16-32-30(19-24)37(20-25-11-14-28(25)31(38)9-5-2)21-34(22-42-32)17-7-10-23-18-26(35)13-15-29(23)34/h4-5,12-13,15-16,18-19,25,27-28,31,38H,1-2,6-11,14,17,20-22H2,3H3,(H,36,39)/t25-,27+,28+,31-,34-/m0/s1. The van der Waals surface area contributed by atoms with Gasteiger partial charge in [0.2, 0.25) is 10.0 Å². The van der Waals surface area contributed by atoms with Gasteiger partial charge in [-0.3, -0.25) is 4.79 Å². The van der Waals surface area contributed by atoms with Crippen molar-refractivity contribution in [1.82, 2.24) is 4.72 Å². The maximum absolute atomic E-state index is 13.3. The lowest BCUT2D eigenvalue weighted by Gasteiger charge is -2.45. The number of carbonyl (C=O) groups is 1. The molecule has 1 saturated carbocycles. The van der Waals surface area contributed by atoms with Crippen molar-refractivity contribution in [3.05, 3.63) is 83.4 Å². The summed E-state index contributed by atoms with van der Waals surface area (Å²) in [6, 6.07) is 11.3. The van der Waals surface area contributed by atoms with E-state index in [0.717, 1.165) is 42.8 Å². The third-order valence-electron chi connectivity index (χ3n) is 9.69. The van der Waals surface area contributed by atoms with E-state index in [4.69, 9.17) is 16.3 Å². The summed E-state index contributed by atoms with van der Waals surface area (Å²) in [7, 11) is -3.88. The van der Waals surface area contributed by atoms with Gasteiger partial charge in [-0.15, -0.1) is 13.2 Å². The van der Waals surface area contributed by atoms with E-state index in [-0.39, 0.29) is 29.2 Å². The monoisotopic (exact) mass is 626 g/mol. The molecule has 1 fully saturated rings. The zero-order valence-electron chi connectivity index (χ0n) is 24.9. The van der Waals surface area contributed by atoms with Crippen molar-refractivity contribution in [2.75, 3.05) is 24.6 Å². The van der Waals surface area contributed by atoms with Crippen LogP contribution < -0.4 is 14.4 Å². The van der Waals surface area contributed by atoms with E-state index >= 15 is 0 Å². The molecule has 3 aliphatic rings. The number of rotatable bonds is 11. The highest BCUT2D eigenvalue weighted by molar-refractivity contribution is 7.90. The second-order valence-corrected chi connectivity index (χ2v) is 14.8. The predicted octanol–water partition coefficient (Wildman–Crippen LogP) is 6.19. The number of nitrogens with one attached hydrogen (secondary N) is 1. The van der Waals surface area contributed by atoms with Gasteiger partial charge in [0, 0.05) is 29.1 Å². The third kappa shape index (κ3) is 6.52. The number of hydrogen-bond acceptors (Lipinski definition) is 6. The number of aryl methyl sites for hydroxylation is 1. The van der Waals surface area contributed by atoms with Crippen LogP contribution in [-0.4, -0.2) is 50.5 Å². The molecule has 0 radical (unpaired) electrons. The van der Waals surface area contributed by atoms with E-state index in [9.17, 15) is 18.3 Å². The number of aliphatic hydroxyl groups excluding tert-OH is 1. The van der Waals surface area contributed by atoms with Crippen molar-refractivity contribution >= 4 is 33.2 Å². The third-order valence-corrected chi connectivity index (χ3v) is 11.8. The summed E-state index contributed by atoms with van der Waals surface area (Å²) in [5, 5.41) is 10.8. The SMILES string of the molecule is C=CC[C@@H](CC)S(=O)(=O)NC(=O)c1ccc2c(c1)N(C[C@@H]1CC[C@H]1[C@@H](O)CC=C)C[C@@]1(CCCc3cc(Cl)ccc31)CO2. The summed E-state index contributed by atoms with van der Waals surface area (Å²) in [6.45, 7) is 11.1. The highest BCUT2D eigenvalue weighted by Crippen LogP contribution is 2.46. The zero-order valence-corrected chi connectivity index (χ0v) is 26.5. The molecule has 1 aliphatic heterocycles. The Hall–Kier alpha value is -2.81. The van der Waals surface area contributed by atoms with Gasteiger partial charge in [0.15, 0.2) is 0 Å². The number of nitrogens with zero attached hydrogens (tertiary/aromatic N) is 1. The number of carbonyl (C=O) groups excluding carboxylic acids is 1. The molecule has 0 bridgehead atoms. The second kappa shape index (κ2) is 13.0. The number of allylic oxidation sites excluding steroid dienone is 1. The van der Waals surface area contributed by atoms with Crippen molar-refractivity contribution in [2.45, 2.75) is 75.1 Å². The van der Waals surface area contributed by atoms with Gasteiger partial charge in [0.1, 0.15) is 5.75 Å². The van der Waals surface area contributed by atoms with Gasteiger partial charge in [-0.1, -0.05) is 36.7 Å². The fourth-order valence-electron chi connectivity index (χ4n) is 7.18. The molecule has 7 nitrogen and oxygen atoms in total. The Morgan fingerprint density at radius 1 is 1.21 bits per heavy atom. The van der Waals surface area contributed by atoms with Crippen LogP contribution in [0.1, 0.15) is 73.4 Å². The van der Waals surface area contributed by atoms with Crippen LogP contribution in [0.5, 0.6) is 5.75 Å². The van der Waals surface area contributed by atoms with Gasteiger partial charge in [0.25, 0.3) is 5.91 Å². The Balaban J connectivity index is 1.50. The van der Waals surface area contributed by atoms with E-state index < -0.39 is 27.3 Å². The van der Waals surface area contributed by atoms with Crippen LogP contribution in [-0.2, 0) is 21.9 Å². The average molecular weight is 627 g/mol. The molecule has 0 saturated heterocycles. The first-order valence-corrected chi connectivity index (χ1v) is 17.3. The molecule has 1 heterocycles. The van der Waals surface area contributed by atoms with E-state index in [1.807, 2.05) is 6.07 Å².